The molecule has 4 aromatic rings. The third kappa shape index (κ3) is 3.23. The van der Waals surface area contributed by atoms with E-state index in [0.717, 1.165) is 30.5 Å². The number of nitrogens with zero attached hydrogens (tertiary/aromatic N) is 6. The zero-order chi connectivity index (χ0) is 23.3. The predicted molar refractivity (Wildman–Crippen MR) is 118 cm³/mol. The number of hydrogen-bond donors (Lipinski definition) is 1. The van der Waals surface area contributed by atoms with E-state index in [0.29, 0.717) is 5.65 Å². The van der Waals surface area contributed by atoms with Crippen LogP contribution in [0.1, 0.15) is 21.5 Å². The third-order valence-electron chi connectivity index (χ3n) is 5.31. The molecule has 0 unspecified atom stereocenters. The predicted octanol–water partition coefficient (Wildman–Crippen LogP) is 0.0615. The van der Waals surface area contributed by atoms with Gasteiger partial charge in [0.05, 0.1) is 18.4 Å². The molecule has 0 saturated carbocycles. The van der Waals surface area contributed by atoms with Crippen LogP contribution in [0.15, 0.2) is 45.1 Å². The summed E-state index contributed by atoms with van der Waals surface area (Å²) in [5.74, 6) is -0.962. The van der Waals surface area contributed by atoms with Crippen molar-refractivity contribution in [2.75, 3.05) is 5.73 Å². The second-order valence-corrected chi connectivity index (χ2v) is 7.71. The van der Waals surface area contributed by atoms with E-state index in [-0.39, 0.29) is 16.8 Å². The Morgan fingerprint density at radius 1 is 1.00 bits per heavy atom. The van der Waals surface area contributed by atoms with Crippen molar-refractivity contribution in [2.24, 2.45) is 14.1 Å². The van der Waals surface area contributed by atoms with Crippen LogP contribution in [0.25, 0.3) is 16.7 Å². The van der Waals surface area contributed by atoms with E-state index >= 15 is 0 Å². The lowest BCUT2D eigenvalue weighted by molar-refractivity contribution is 0.0968. The molecule has 0 aliphatic rings. The second-order valence-electron chi connectivity index (χ2n) is 7.71. The molecule has 0 bridgehead atoms. The summed E-state index contributed by atoms with van der Waals surface area (Å²) in [6.45, 7) is 3.46. The van der Waals surface area contributed by atoms with Crippen LogP contribution in [-0.2, 0) is 20.6 Å². The molecule has 2 N–H and O–H groups in total. The van der Waals surface area contributed by atoms with Gasteiger partial charge in [0.2, 0.25) is 0 Å². The number of carbonyl (C=O) groups is 1. The number of nitrogens with two attached hydrogens (primary N) is 1. The molecular weight excluding hydrogens is 414 g/mol. The van der Waals surface area contributed by atoms with Crippen LogP contribution in [0.4, 0.5) is 5.82 Å². The summed E-state index contributed by atoms with van der Waals surface area (Å²) >= 11 is 0. The number of aryl methyl sites for hydroxylation is 2. The zero-order valence-electron chi connectivity index (χ0n) is 18.0. The quantitative estimate of drug-likeness (QED) is 0.447. The third-order valence-corrected chi connectivity index (χ3v) is 5.31. The number of benzene rings is 1. The second kappa shape index (κ2) is 7.45. The Bertz CT molecular complexity index is 1570. The molecule has 0 saturated heterocycles. The van der Waals surface area contributed by atoms with E-state index in [1.807, 2.05) is 32.0 Å². The average Bonchev–Trinajstić information content (AvgIpc) is 3.17. The highest BCUT2D eigenvalue weighted by molar-refractivity contribution is 5.99. The van der Waals surface area contributed by atoms with Crippen molar-refractivity contribution < 1.29 is 4.79 Å². The van der Waals surface area contributed by atoms with Gasteiger partial charge in [-0.25, -0.2) is 14.5 Å². The minimum absolute atomic E-state index is 0.223. The first-order valence-electron chi connectivity index (χ1n) is 9.70. The van der Waals surface area contributed by atoms with E-state index in [1.54, 1.807) is 4.68 Å². The van der Waals surface area contributed by atoms with Gasteiger partial charge in [-0.05, 0) is 37.1 Å². The number of Topliss-reactive ketones (excluding diaryl/α,β-unsaturated/α-hetero) is 1. The lowest BCUT2D eigenvalue weighted by Crippen LogP contribution is -2.42. The lowest BCUT2D eigenvalue weighted by Gasteiger charge is -2.11. The van der Waals surface area contributed by atoms with Gasteiger partial charge in [0.15, 0.2) is 11.4 Å². The molecule has 11 heteroatoms. The summed E-state index contributed by atoms with van der Waals surface area (Å²) in [6.07, 6.45) is 2.62. The van der Waals surface area contributed by atoms with Gasteiger partial charge >= 0.3 is 5.69 Å². The van der Waals surface area contributed by atoms with Crippen LogP contribution in [0, 0.1) is 13.8 Å². The summed E-state index contributed by atoms with van der Waals surface area (Å²) in [7, 11) is 2.61. The molecule has 0 aliphatic heterocycles. The smallest absolute Gasteiger partial charge is 0.332 e. The molecule has 4 rings (SSSR count). The fourth-order valence-electron chi connectivity index (χ4n) is 3.68. The van der Waals surface area contributed by atoms with Gasteiger partial charge in [-0.1, -0.05) is 6.07 Å². The van der Waals surface area contributed by atoms with Gasteiger partial charge in [0.25, 0.3) is 11.1 Å². The van der Waals surface area contributed by atoms with Crippen molar-refractivity contribution in [2.45, 2.75) is 20.4 Å². The van der Waals surface area contributed by atoms with Gasteiger partial charge in [-0.15, -0.1) is 0 Å². The Kier molecular flexibility index (Phi) is 4.88. The Hall–Kier alpha value is -4.28. The molecule has 164 valence electrons. The topological polar surface area (TPSA) is 140 Å². The maximum absolute atomic E-state index is 13.0. The fourth-order valence-corrected chi connectivity index (χ4v) is 3.68. The minimum Gasteiger partial charge on any atom is -0.384 e. The molecular formula is C21H21N7O4. The molecule has 0 amide bonds. The number of rotatable bonds is 4. The van der Waals surface area contributed by atoms with Gasteiger partial charge in [-0.3, -0.25) is 28.1 Å². The number of anilines is 1. The Morgan fingerprint density at radius 3 is 2.31 bits per heavy atom. The van der Waals surface area contributed by atoms with Crippen LogP contribution < -0.4 is 22.5 Å². The van der Waals surface area contributed by atoms with Gasteiger partial charge in [0, 0.05) is 14.1 Å². The van der Waals surface area contributed by atoms with Crippen molar-refractivity contribution >= 4 is 22.6 Å². The summed E-state index contributed by atoms with van der Waals surface area (Å²) in [5.41, 5.74) is 6.72. The van der Waals surface area contributed by atoms with Crippen LogP contribution >= 0.6 is 0 Å². The SMILES string of the molecule is Cc1cc(C)cc(-n2ncc3c(=O)n(CC(=O)c4c(N)n(C)c(=O)n(C)c4=O)cnc32)c1. The van der Waals surface area contributed by atoms with Crippen molar-refractivity contribution in [3.63, 3.8) is 0 Å². The average molecular weight is 435 g/mol. The van der Waals surface area contributed by atoms with Crippen LogP contribution in [0.5, 0.6) is 0 Å². The number of ketones is 1. The van der Waals surface area contributed by atoms with E-state index < -0.39 is 29.1 Å². The molecule has 0 spiro atoms. The standard InChI is InChI=1S/C21H21N7O4/c1-11-5-12(2)7-13(6-11)28-18-14(8-24-28)19(30)27(10-23-18)9-15(29)16-17(22)25(3)21(32)26(4)20(16)31/h5-8,10H,9,22H2,1-4H3. The number of nitrogen functional groups attached to an aromatic ring is 1. The highest BCUT2D eigenvalue weighted by Crippen LogP contribution is 2.17. The highest BCUT2D eigenvalue weighted by Gasteiger charge is 2.21. The fraction of sp³-hybridized carbons (Fsp3) is 0.238. The molecule has 0 atom stereocenters. The van der Waals surface area contributed by atoms with Crippen LogP contribution in [-0.4, -0.2) is 34.2 Å². The molecule has 3 heterocycles. The van der Waals surface area contributed by atoms with Gasteiger partial charge in [0.1, 0.15) is 23.1 Å². The maximum atomic E-state index is 13.0. The minimum atomic E-state index is -0.819. The van der Waals surface area contributed by atoms with Crippen molar-refractivity contribution in [1.29, 1.82) is 0 Å². The first kappa shape index (κ1) is 21.0. The monoisotopic (exact) mass is 435 g/mol. The maximum Gasteiger partial charge on any atom is 0.332 e. The van der Waals surface area contributed by atoms with Crippen LogP contribution in [0.2, 0.25) is 0 Å². The highest BCUT2D eigenvalue weighted by atomic mass is 16.2. The van der Waals surface area contributed by atoms with Crippen molar-refractivity contribution in [3.05, 3.63) is 78.6 Å². The molecule has 1 aromatic carbocycles. The number of fused-ring (bicyclic) bond motifs is 1. The summed E-state index contributed by atoms with van der Waals surface area (Å²) in [6, 6.07) is 5.87. The van der Waals surface area contributed by atoms with Gasteiger partial charge in [-0.2, -0.15) is 5.10 Å². The van der Waals surface area contributed by atoms with E-state index in [4.69, 9.17) is 5.73 Å². The van der Waals surface area contributed by atoms with E-state index in [1.165, 1.54) is 26.6 Å². The van der Waals surface area contributed by atoms with E-state index in [9.17, 15) is 19.2 Å². The van der Waals surface area contributed by atoms with Crippen LogP contribution in [0.3, 0.4) is 0 Å². The van der Waals surface area contributed by atoms with E-state index in [2.05, 4.69) is 10.1 Å². The molecule has 0 radical (unpaired) electrons. The normalized spacial score (nSPS) is 11.2. The van der Waals surface area contributed by atoms with Crippen molar-refractivity contribution in [3.8, 4) is 5.69 Å². The Labute approximate surface area is 181 Å². The molecule has 0 aliphatic carbocycles. The summed E-state index contributed by atoms with van der Waals surface area (Å²) in [4.78, 5) is 54.5. The molecule has 32 heavy (non-hydrogen) atoms. The number of carbonyl (C=O) groups excluding carboxylic acids is 1. The first-order chi connectivity index (χ1) is 15.1. The molecule has 3 aromatic heterocycles. The Morgan fingerprint density at radius 2 is 1.66 bits per heavy atom. The molecule has 11 nitrogen and oxygen atoms in total. The van der Waals surface area contributed by atoms with Gasteiger partial charge < -0.3 is 5.73 Å². The largest absolute Gasteiger partial charge is 0.384 e. The van der Waals surface area contributed by atoms with Crippen molar-refractivity contribution in [1.82, 2.24) is 28.5 Å². The summed E-state index contributed by atoms with van der Waals surface area (Å²) in [5, 5.41) is 4.52. The number of aromatic nitrogens is 6. The lowest BCUT2D eigenvalue weighted by atomic mass is 10.1. The first-order valence-corrected chi connectivity index (χ1v) is 9.70. The number of hydrogen-bond acceptors (Lipinski definition) is 7. The molecule has 0 fully saturated rings. The summed E-state index contributed by atoms with van der Waals surface area (Å²) < 4.78 is 4.44. The Balaban J connectivity index is 1.77. The zero-order valence-corrected chi connectivity index (χ0v) is 18.0.